The maximum atomic E-state index is 12.7. The summed E-state index contributed by atoms with van der Waals surface area (Å²) in [5.41, 5.74) is 3.87. The van der Waals surface area contributed by atoms with E-state index in [1.807, 2.05) is 5.10 Å². The molecule has 1 aromatic carbocycles. The summed E-state index contributed by atoms with van der Waals surface area (Å²) in [7, 11) is 0. The van der Waals surface area contributed by atoms with Crippen LogP contribution in [0.2, 0.25) is 0 Å². The van der Waals surface area contributed by atoms with Gasteiger partial charge in [0.2, 0.25) is 0 Å². The van der Waals surface area contributed by atoms with Gasteiger partial charge in [-0.1, -0.05) is 0 Å². The molecule has 0 bridgehead atoms. The zero-order valence-corrected chi connectivity index (χ0v) is 9.23. The number of nitrogens with two attached hydrogens (primary N) is 1. The highest BCUT2D eigenvalue weighted by atomic mass is 19.4. The molecule has 6 nitrogen and oxygen atoms in total. The Labute approximate surface area is 104 Å². The Balaban J connectivity index is 2.53. The zero-order valence-electron chi connectivity index (χ0n) is 9.23. The fraction of sp³-hybridized carbons (Fsp3) is 0.100. The van der Waals surface area contributed by atoms with E-state index >= 15 is 0 Å². The van der Waals surface area contributed by atoms with Crippen molar-refractivity contribution in [2.24, 2.45) is 0 Å². The van der Waals surface area contributed by atoms with Gasteiger partial charge in [-0.3, -0.25) is 15.2 Å². The van der Waals surface area contributed by atoms with E-state index in [0.29, 0.717) is 0 Å². The first kappa shape index (κ1) is 12.9. The average molecular weight is 272 g/mol. The van der Waals surface area contributed by atoms with Crippen LogP contribution < -0.4 is 5.73 Å². The lowest BCUT2D eigenvalue weighted by molar-refractivity contribution is -0.384. The third-order valence-corrected chi connectivity index (χ3v) is 2.44. The average Bonchev–Trinajstić information content (AvgIpc) is 2.71. The van der Waals surface area contributed by atoms with Gasteiger partial charge in [0, 0.05) is 12.1 Å². The normalized spacial score (nSPS) is 11.5. The van der Waals surface area contributed by atoms with Gasteiger partial charge in [-0.25, -0.2) is 0 Å². The lowest BCUT2D eigenvalue weighted by Gasteiger charge is -2.07. The fourth-order valence-electron chi connectivity index (χ4n) is 1.60. The number of anilines is 1. The van der Waals surface area contributed by atoms with Gasteiger partial charge in [0.1, 0.15) is 5.69 Å². The lowest BCUT2D eigenvalue weighted by Crippen LogP contribution is -2.07. The van der Waals surface area contributed by atoms with E-state index in [2.05, 4.69) is 5.10 Å². The number of halogens is 3. The topological polar surface area (TPSA) is 97.8 Å². The van der Waals surface area contributed by atoms with Crippen molar-refractivity contribution in [2.45, 2.75) is 6.18 Å². The molecule has 0 aliphatic rings. The zero-order chi connectivity index (χ0) is 14.2. The van der Waals surface area contributed by atoms with Crippen LogP contribution in [0.4, 0.5) is 24.7 Å². The number of rotatable bonds is 2. The number of hydrogen-bond acceptors (Lipinski definition) is 4. The van der Waals surface area contributed by atoms with Crippen molar-refractivity contribution in [1.29, 1.82) is 0 Å². The summed E-state index contributed by atoms with van der Waals surface area (Å²) in [6.45, 7) is 0. The lowest BCUT2D eigenvalue weighted by atomic mass is 10.0. The first-order valence-corrected chi connectivity index (χ1v) is 4.96. The number of nitrogens with zero attached hydrogens (tertiary/aromatic N) is 2. The summed E-state index contributed by atoms with van der Waals surface area (Å²) in [5.74, 6) is -0.318. The molecule has 2 aromatic rings. The minimum absolute atomic E-state index is 0.101. The van der Waals surface area contributed by atoms with E-state index in [9.17, 15) is 23.3 Å². The number of hydrogen-bond donors (Lipinski definition) is 2. The number of H-pyrrole nitrogens is 1. The van der Waals surface area contributed by atoms with Crippen LogP contribution >= 0.6 is 0 Å². The predicted octanol–water partition coefficient (Wildman–Crippen LogP) is 2.59. The SMILES string of the molecule is Nc1n[nH]c(C(F)(F)F)c1-c1ccc([N+](=O)[O-])cc1. The molecule has 9 heteroatoms. The molecule has 2 rings (SSSR count). The number of aromatic nitrogens is 2. The van der Waals surface area contributed by atoms with Gasteiger partial charge in [0.15, 0.2) is 5.82 Å². The van der Waals surface area contributed by atoms with Gasteiger partial charge in [0.25, 0.3) is 5.69 Å². The van der Waals surface area contributed by atoms with Gasteiger partial charge in [0.05, 0.1) is 10.5 Å². The highest BCUT2D eigenvalue weighted by molar-refractivity contribution is 5.77. The minimum atomic E-state index is -4.64. The van der Waals surface area contributed by atoms with Crippen molar-refractivity contribution in [1.82, 2.24) is 10.2 Å². The molecule has 1 heterocycles. The fourth-order valence-corrected chi connectivity index (χ4v) is 1.60. The molecule has 100 valence electrons. The molecule has 0 spiro atoms. The second kappa shape index (κ2) is 4.26. The minimum Gasteiger partial charge on any atom is -0.382 e. The van der Waals surface area contributed by atoms with Crippen LogP contribution in [0.5, 0.6) is 0 Å². The largest absolute Gasteiger partial charge is 0.433 e. The summed E-state index contributed by atoms with van der Waals surface area (Å²) in [6.07, 6.45) is -4.64. The number of nitrogen functional groups attached to an aromatic ring is 1. The number of nitro benzene ring substituents is 1. The van der Waals surface area contributed by atoms with Crippen LogP contribution in [0.3, 0.4) is 0 Å². The molecule has 0 amide bonds. The first-order chi connectivity index (χ1) is 8.80. The van der Waals surface area contributed by atoms with Crippen LogP contribution in [0, 0.1) is 10.1 Å². The number of non-ortho nitro benzene ring substituents is 1. The van der Waals surface area contributed by atoms with Crippen molar-refractivity contribution < 1.29 is 18.1 Å². The maximum Gasteiger partial charge on any atom is 0.433 e. The monoisotopic (exact) mass is 272 g/mol. The number of nitrogens with one attached hydrogen (secondary N) is 1. The van der Waals surface area contributed by atoms with Crippen LogP contribution in [0.1, 0.15) is 5.69 Å². The molecule has 0 aliphatic carbocycles. The van der Waals surface area contributed by atoms with Crippen LogP contribution in [0.25, 0.3) is 11.1 Å². The molecule has 0 unspecified atom stereocenters. The molecule has 0 atom stereocenters. The molecular formula is C10H7F3N4O2. The number of aromatic amines is 1. The van der Waals surface area contributed by atoms with Gasteiger partial charge >= 0.3 is 6.18 Å². The second-order valence-electron chi connectivity index (χ2n) is 3.66. The van der Waals surface area contributed by atoms with Crippen molar-refractivity contribution >= 4 is 11.5 Å². The molecule has 0 aliphatic heterocycles. The summed E-state index contributed by atoms with van der Waals surface area (Å²) in [4.78, 5) is 9.83. The van der Waals surface area contributed by atoms with E-state index in [1.54, 1.807) is 0 Å². The third kappa shape index (κ3) is 2.34. The van der Waals surface area contributed by atoms with Crippen molar-refractivity contribution in [3.63, 3.8) is 0 Å². The number of alkyl halides is 3. The number of benzene rings is 1. The Morgan fingerprint density at radius 1 is 1.26 bits per heavy atom. The molecule has 0 saturated heterocycles. The van der Waals surface area contributed by atoms with Crippen LogP contribution in [-0.4, -0.2) is 15.1 Å². The van der Waals surface area contributed by atoms with E-state index in [0.717, 1.165) is 12.1 Å². The van der Waals surface area contributed by atoms with E-state index in [1.165, 1.54) is 12.1 Å². The van der Waals surface area contributed by atoms with Crippen molar-refractivity contribution in [3.8, 4) is 11.1 Å². The Kier molecular flexibility index (Phi) is 2.89. The molecule has 0 fully saturated rings. The molecule has 1 aromatic heterocycles. The Morgan fingerprint density at radius 2 is 1.84 bits per heavy atom. The smallest absolute Gasteiger partial charge is 0.382 e. The summed E-state index contributed by atoms with van der Waals surface area (Å²) in [6, 6.07) is 4.58. The summed E-state index contributed by atoms with van der Waals surface area (Å²) < 4.78 is 38.2. The van der Waals surface area contributed by atoms with Crippen molar-refractivity contribution in [3.05, 3.63) is 40.1 Å². The van der Waals surface area contributed by atoms with Gasteiger partial charge in [-0.2, -0.15) is 18.3 Å². The molecular weight excluding hydrogens is 265 g/mol. The van der Waals surface area contributed by atoms with Gasteiger partial charge in [-0.05, 0) is 17.7 Å². The summed E-state index contributed by atoms with van der Waals surface area (Å²) >= 11 is 0. The van der Waals surface area contributed by atoms with E-state index < -0.39 is 16.8 Å². The predicted molar refractivity (Wildman–Crippen MR) is 60.1 cm³/mol. The van der Waals surface area contributed by atoms with E-state index in [4.69, 9.17) is 5.73 Å². The maximum absolute atomic E-state index is 12.7. The summed E-state index contributed by atoms with van der Waals surface area (Å²) in [5, 5.41) is 15.6. The Bertz CT molecular complexity index is 619. The molecule has 0 radical (unpaired) electrons. The highest BCUT2D eigenvalue weighted by Crippen LogP contribution is 2.38. The first-order valence-electron chi connectivity index (χ1n) is 4.96. The van der Waals surface area contributed by atoms with Crippen LogP contribution in [0.15, 0.2) is 24.3 Å². The molecule has 0 saturated carbocycles. The van der Waals surface area contributed by atoms with Gasteiger partial charge < -0.3 is 5.73 Å². The van der Waals surface area contributed by atoms with Crippen LogP contribution in [-0.2, 0) is 6.18 Å². The Morgan fingerprint density at radius 3 is 2.32 bits per heavy atom. The quantitative estimate of drug-likeness (QED) is 0.648. The van der Waals surface area contributed by atoms with E-state index in [-0.39, 0.29) is 22.6 Å². The van der Waals surface area contributed by atoms with Crippen molar-refractivity contribution in [2.75, 3.05) is 5.73 Å². The number of nitro groups is 1. The Hall–Kier alpha value is -2.58. The highest BCUT2D eigenvalue weighted by Gasteiger charge is 2.37. The third-order valence-electron chi connectivity index (χ3n) is 2.44. The molecule has 19 heavy (non-hydrogen) atoms. The molecule has 3 N–H and O–H groups in total. The van der Waals surface area contributed by atoms with Gasteiger partial charge in [-0.15, -0.1) is 0 Å². The standard InChI is InChI=1S/C10H7F3N4O2/c11-10(12,13)8-7(9(14)16-15-8)5-1-3-6(4-2-5)17(18)19/h1-4H,(H3,14,15,16). The second-order valence-corrected chi connectivity index (χ2v) is 3.66.